The van der Waals surface area contributed by atoms with Gasteiger partial charge >= 0.3 is 0 Å². The van der Waals surface area contributed by atoms with Crippen LogP contribution in [0.1, 0.15) is 40.1 Å². The standard InChI is InChI=1S/C16H21N3OS/c1-4-5-12-15(16(17)18)21-14(19-12)9-20-13-7-6-10(2)8-11(13)3/h6-8H,4-5,9H2,1-3H3,(H3,17,18). The molecule has 3 N–H and O–H groups in total. The summed E-state index contributed by atoms with van der Waals surface area (Å²) in [6.07, 6.45) is 1.83. The van der Waals surface area contributed by atoms with E-state index in [4.69, 9.17) is 15.9 Å². The van der Waals surface area contributed by atoms with Gasteiger partial charge in [-0.2, -0.15) is 0 Å². The normalized spacial score (nSPS) is 10.6. The van der Waals surface area contributed by atoms with Crippen LogP contribution in [0.3, 0.4) is 0 Å². The van der Waals surface area contributed by atoms with Crippen LogP contribution < -0.4 is 10.5 Å². The molecule has 0 aliphatic carbocycles. The first-order valence-electron chi connectivity index (χ1n) is 7.04. The molecule has 2 rings (SSSR count). The molecule has 112 valence electrons. The fraction of sp³-hybridized carbons (Fsp3) is 0.375. The zero-order valence-electron chi connectivity index (χ0n) is 12.7. The fourth-order valence-electron chi connectivity index (χ4n) is 2.18. The molecule has 0 bridgehead atoms. The summed E-state index contributed by atoms with van der Waals surface area (Å²) in [7, 11) is 0. The second-order valence-electron chi connectivity index (χ2n) is 5.10. The molecule has 1 aromatic carbocycles. The van der Waals surface area contributed by atoms with Crippen molar-refractivity contribution < 1.29 is 4.74 Å². The van der Waals surface area contributed by atoms with Gasteiger partial charge in [-0.3, -0.25) is 5.41 Å². The third-order valence-corrected chi connectivity index (χ3v) is 4.26. The van der Waals surface area contributed by atoms with Gasteiger partial charge in [0.2, 0.25) is 0 Å². The smallest absolute Gasteiger partial charge is 0.140 e. The highest BCUT2D eigenvalue weighted by molar-refractivity contribution is 7.13. The van der Waals surface area contributed by atoms with Crippen LogP contribution in [0.15, 0.2) is 18.2 Å². The Morgan fingerprint density at radius 3 is 2.76 bits per heavy atom. The summed E-state index contributed by atoms with van der Waals surface area (Å²) in [5.41, 5.74) is 8.87. The van der Waals surface area contributed by atoms with Crippen molar-refractivity contribution in [2.24, 2.45) is 5.73 Å². The van der Waals surface area contributed by atoms with E-state index in [1.54, 1.807) is 0 Å². The predicted octanol–water partition coefficient (Wildman–Crippen LogP) is 3.58. The third-order valence-electron chi connectivity index (χ3n) is 3.15. The number of ether oxygens (including phenoxy) is 1. The van der Waals surface area contributed by atoms with Crippen molar-refractivity contribution in [1.82, 2.24) is 4.98 Å². The van der Waals surface area contributed by atoms with Gasteiger partial charge in [-0.05, 0) is 31.9 Å². The van der Waals surface area contributed by atoms with Gasteiger partial charge in [-0.1, -0.05) is 31.0 Å². The first-order chi connectivity index (χ1) is 10.0. The van der Waals surface area contributed by atoms with E-state index in [0.717, 1.165) is 39.7 Å². The van der Waals surface area contributed by atoms with Crippen molar-refractivity contribution in [1.29, 1.82) is 5.41 Å². The van der Waals surface area contributed by atoms with E-state index in [2.05, 4.69) is 24.9 Å². The van der Waals surface area contributed by atoms with Crippen LogP contribution in [0.5, 0.6) is 5.75 Å². The molecule has 21 heavy (non-hydrogen) atoms. The van der Waals surface area contributed by atoms with E-state index in [9.17, 15) is 0 Å². The van der Waals surface area contributed by atoms with Crippen LogP contribution in [-0.4, -0.2) is 10.8 Å². The largest absolute Gasteiger partial charge is 0.486 e. The molecule has 0 radical (unpaired) electrons. The Bertz CT molecular complexity index is 649. The van der Waals surface area contributed by atoms with Crippen molar-refractivity contribution in [2.75, 3.05) is 0 Å². The minimum Gasteiger partial charge on any atom is -0.486 e. The Labute approximate surface area is 129 Å². The molecule has 2 aromatic rings. The third kappa shape index (κ3) is 3.82. The lowest BCUT2D eigenvalue weighted by molar-refractivity contribution is 0.303. The number of nitrogens with zero attached hydrogens (tertiary/aromatic N) is 1. The lowest BCUT2D eigenvalue weighted by Gasteiger charge is -2.08. The highest BCUT2D eigenvalue weighted by Gasteiger charge is 2.13. The maximum absolute atomic E-state index is 7.63. The Morgan fingerprint density at radius 2 is 2.14 bits per heavy atom. The van der Waals surface area contributed by atoms with Crippen LogP contribution in [0.25, 0.3) is 0 Å². The van der Waals surface area contributed by atoms with Gasteiger partial charge in [0.1, 0.15) is 23.2 Å². The topological polar surface area (TPSA) is 72.0 Å². The molecule has 0 unspecified atom stereocenters. The van der Waals surface area contributed by atoms with Crippen LogP contribution in [0, 0.1) is 19.3 Å². The second-order valence-corrected chi connectivity index (χ2v) is 6.19. The number of nitrogen functional groups attached to an aromatic ring is 1. The number of hydrogen-bond donors (Lipinski definition) is 2. The van der Waals surface area contributed by atoms with Gasteiger partial charge in [-0.15, -0.1) is 11.3 Å². The van der Waals surface area contributed by atoms with Gasteiger partial charge < -0.3 is 10.5 Å². The first kappa shape index (κ1) is 15.5. The summed E-state index contributed by atoms with van der Waals surface area (Å²) in [5, 5.41) is 8.49. The molecule has 0 saturated heterocycles. The molecule has 0 atom stereocenters. The second kappa shape index (κ2) is 6.72. The van der Waals surface area contributed by atoms with E-state index in [-0.39, 0.29) is 5.84 Å². The number of aromatic nitrogens is 1. The fourth-order valence-corrected chi connectivity index (χ4v) is 3.06. The Hall–Kier alpha value is -1.88. The molecule has 5 heteroatoms. The van der Waals surface area contributed by atoms with Crippen LogP contribution >= 0.6 is 11.3 Å². The van der Waals surface area contributed by atoms with Crippen LogP contribution in [0.2, 0.25) is 0 Å². The summed E-state index contributed by atoms with van der Waals surface area (Å²) >= 11 is 1.45. The number of nitrogens with two attached hydrogens (primary N) is 1. The van der Waals surface area contributed by atoms with Gasteiger partial charge in [0.25, 0.3) is 0 Å². The number of thiazole rings is 1. The molecule has 0 spiro atoms. The number of hydrogen-bond acceptors (Lipinski definition) is 4. The molecule has 0 saturated carbocycles. The Morgan fingerprint density at radius 1 is 1.38 bits per heavy atom. The van der Waals surface area contributed by atoms with Crippen molar-refractivity contribution in [3.8, 4) is 5.75 Å². The summed E-state index contributed by atoms with van der Waals surface area (Å²) in [4.78, 5) is 5.33. The van der Waals surface area contributed by atoms with Crippen molar-refractivity contribution in [2.45, 2.75) is 40.2 Å². The molecule has 0 amide bonds. The average molecular weight is 303 g/mol. The van der Waals surface area contributed by atoms with E-state index in [0.29, 0.717) is 6.61 Å². The van der Waals surface area contributed by atoms with E-state index >= 15 is 0 Å². The maximum atomic E-state index is 7.63. The highest BCUT2D eigenvalue weighted by atomic mass is 32.1. The quantitative estimate of drug-likeness (QED) is 0.633. The summed E-state index contributed by atoms with van der Waals surface area (Å²) in [6.45, 7) is 6.61. The van der Waals surface area contributed by atoms with E-state index in [1.807, 2.05) is 19.1 Å². The predicted molar refractivity (Wildman–Crippen MR) is 87.4 cm³/mol. The highest BCUT2D eigenvalue weighted by Crippen LogP contribution is 2.23. The molecule has 0 fully saturated rings. The number of rotatable bonds is 6. The van der Waals surface area contributed by atoms with Gasteiger partial charge in [0.15, 0.2) is 0 Å². The van der Waals surface area contributed by atoms with Gasteiger partial charge in [0.05, 0.1) is 10.6 Å². The molecule has 4 nitrogen and oxygen atoms in total. The Kier molecular flexibility index (Phi) is 4.96. The molecule has 0 aliphatic heterocycles. The van der Waals surface area contributed by atoms with Crippen LogP contribution in [0.4, 0.5) is 0 Å². The molecule has 1 heterocycles. The first-order valence-corrected chi connectivity index (χ1v) is 7.86. The summed E-state index contributed by atoms with van der Waals surface area (Å²) < 4.78 is 5.84. The number of aryl methyl sites for hydroxylation is 3. The van der Waals surface area contributed by atoms with E-state index < -0.39 is 0 Å². The van der Waals surface area contributed by atoms with Crippen molar-refractivity contribution >= 4 is 17.2 Å². The minimum atomic E-state index is 0.0914. The molecule has 1 aromatic heterocycles. The number of benzene rings is 1. The molecule has 0 aliphatic rings. The Balaban J connectivity index is 2.12. The zero-order valence-corrected chi connectivity index (χ0v) is 13.5. The summed E-state index contributed by atoms with van der Waals surface area (Å²) in [6, 6.07) is 6.12. The lowest BCUT2D eigenvalue weighted by atomic mass is 10.1. The monoisotopic (exact) mass is 303 g/mol. The van der Waals surface area contributed by atoms with Crippen molar-refractivity contribution in [3.05, 3.63) is 44.9 Å². The zero-order chi connectivity index (χ0) is 15.4. The number of nitrogens with one attached hydrogen (secondary N) is 1. The maximum Gasteiger partial charge on any atom is 0.140 e. The van der Waals surface area contributed by atoms with Crippen LogP contribution in [-0.2, 0) is 13.0 Å². The van der Waals surface area contributed by atoms with Gasteiger partial charge in [0, 0.05) is 0 Å². The SMILES string of the molecule is CCCc1nc(COc2ccc(C)cc2C)sc1C(=N)N. The van der Waals surface area contributed by atoms with Gasteiger partial charge in [-0.25, -0.2) is 4.98 Å². The lowest BCUT2D eigenvalue weighted by Crippen LogP contribution is -2.11. The average Bonchev–Trinajstić information content (AvgIpc) is 2.81. The summed E-state index contributed by atoms with van der Waals surface area (Å²) in [5.74, 6) is 0.964. The van der Waals surface area contributed by atoms with E-state index in [1.165, 1.54) is 16.9 Å². The molecular formula is C16H21N3OS. The minimum absolute atomic E-state index is 0.0914. The number of amidine groups is 1. The molecular weight excluding hydrogens is 282 g/mol. The van der Waals surface area contributed by atoms with Crippen molar-refractivity contribution in [3.63, 3.8) is 0 Å².